The SMILES string of the molecule is CCCCC(CC)COC(=O)CC(C/C=C/CCCCCCC(C)=O)C(C)OCC(CC)CCCC. The van der Waals surface area contributed by atoms with Gasteiger partial charge in [-0.2, -0.15) is 0 Å². The molecule has 0 fully saturated rings. The summed E-state index contributed by atoms with van der Waals surface area (Å²) in [5, 5.41) is 0. The summed E-state index contributed by atoms with van der Waals surface area (Å²) in [5.74, 6) is 1.42. The first kappa shape index (κ1) is 34.8. The number of carbonyl (C=O) groups is 2. The third-order valence-corrected chi connectivity index (χ3v) is 7.51. The number of Topliss-reactive ketones (excluding diaryl/α,β-unsaturated/α-hetero) is 1. The van der Waals surface area contributed by atoms with Gasteiger partial charge >= 0.3 is 5.97 Å². The smallest absolute Gasteiger partial charge is 0.306 e. The number of hydrogen-bond acceptors (Lipinski definition) is 4. The molecule has 0 N–H and O–H groups in total. The lowest BCUT2D eigenvalue weighted by Gasteiger charge is -2.25. The molecule has 0 aromatic rings. The molecule has 212 valence electrons. The van der Waals surface area contributed by atoms with Gasteiger partial charge in [-0.25, -0.2) is 0 Å². The third-order valence-electron chi connectivity index (χ3n) is 7.51. The fourth-order valence-electron chi connectivity index (χ4n) is 4.52. The molecule has 4 nitrogen and oxygen atoms in total. The molecule has 0 radical (unpaired) electrons. The van der Waals surface area contributed by atoms with Crippen molar-refractivity contribution in [1.82, 2.24) is 0 Å². The highest BCUT2D eigenvalue weighted by molar-refractivity contribution is 5.75. The minimum absolute atomic E-state index is 0.0338. The Bertz CT molecular complexity index is 556. The summed E-state index contributed by atoms with van der Waals surface area (Å²) in [7, 11) is 0. The van der Waals surface area contributed by atoms with Crippen LogP contribution in [0, 0.1) is 17.8 Å². The van der Waals surface area contributed by atoms with E-state index in [4.69, 9.17) is 9.47 Å². The molecular weight excluding hydrogens is 448 g/mol. The number of ketones is 1. The number of ether oxygens (including phenoxy) is 2. The van der Waals surface area contributed by atoms with Crippen molar-refractivity contribution in [2.75, 3.05) is 13.2 Å². The minimum Gasteiger partial charge on any atom is -0.465 e. The van der Waals surface area contributed by atoms with Crippen molar-refractivity contribution in [2.24, 2.45) is 17.8 Å². The molecule has 0 aromatic heterocycles. The molecule has 0 saturated carbocycles. The Labute approximate surface area is 224 Å². The predicted molar refractivity (Wildman–Crippen MR) is 153 cm³/mol. The standard InChI is InChI=1S/C32H60O4/c1-7-11-21-29(9-3)25-35-28(6)31(23-19-17-15-13-14-16-18-20-27(5)33)24-32(34)36-26-30(10-4)22-12-8-2/h17,19,28-31H,7-16,18,20-26H2,1-6H3/b19-17+. The van der Waals surface area contributed by atoms with Gasteiger partial charge in [0.2, 0.25) is 0 Å². The summed E-state index contributed by atoms with van der Waals surface area (Å²) in [4.78, 5) is 23.8. The van der Waals surface area contributed by atoms with E-state index in [1.165, 1.54) is 38.5 Å². The Kier molecular flexibility index (Phi) is 23.4. The van der Waals surface area contributed by atoms with E-state index in [1.807, 2.05) is 0 Å². The fourth-order valence-corrected chi connectivity index (χ4v) is 4.52. The number of unbranched alkanes of at least 4 members (excludes halogenated alkanes) is 6. The lowest BCUT2D eigenvalue weighted by atomic mass is 9.94. The van der Waals surface area contributed by atoms with Gasteiger partial charge in [0.15, 0.2) is 0 Å². The van der Waals surface area contributed by atoms with Crippen molar-refractivity contribution in [3.05, 3.63) is 12.2 Å². The maximum Gasteiger partial charge on any atom is 0.306 e. The van der Waals surface area contributed by atoms with E-state index in [1.54, 1.807) is 6.92 Å². The largest absolute Gasteiger partial charge is 0.465 e. The second kappa shape index (κ2) is 24.2. The van der Waals surface area contributed by atoms with Crippen molar-refractivity contribution in [3.8, 4) is 0 Å². The van der Waals surface area contributed by atoms with E-state index in [2.05, 4.69) is 46.8 Å². The van der Waals surface area contributed by atoms with E-state index in [0.717, 1.165) is 58.0 Å². The summed E-state index contributed by atoms with van der Waals surface area (Å²) in [6.45, 7) is 14.0. The van der Waals surface area contributed by atoms with Crippen LogP contribution < -0.4 is 0 Å². The van der Waals surface area contributed by atoms with E-state index in [0.29, 0.717) is 31.3 Å². The molecule has 0 aliphatic rings. The molecule has 36 heavy (non-hydrogen) atoms. The second-order valence-corrected chi connectivity index (χ2v) is 10.9. The number of allylic oxidation sites excluding steroid dienone is 2. The number of hydrogen-bond donors (Lipinski definition) is 0. The van der Waals surface area contributed by atoms with Gasteiger partial charge < -0.3 is 14.3 Å². The highest BCUT2D eigenvalue weighted by Gasteiger charge is 2.23. The molecule has 4 heteroatoms. The molecule has 0 spiro atoms. The lowest BCUT2D eigenvalue weighted by molar-refractivity contribution is -0.147. The van der Waals surface area contributed by atoms with Crippen LogP contribution in [0.3, 0.4) is 0 Å². The van der Waals surface area contributed by atoms with Gasteiger partial charge in [-0.05, 0) is 70.1 Å². The molecule has 0 aliphatic carbocycles. The Morgan fingerprint density at radius 1 is 0.778 bits per heavy atom. The Morgan fingerprint density at radius 2 is 1.39 bits per heavy atom. The van der Waals surface area contributed by atoms with Crippen molar-refractivity contribution >= 4 is 11.8 Å². The summed E-state index contributed by atoms with van der Waals surface area (Å²) in [6.07, 6.45) is 21.4. The molecule has 4 atom stereocenters. The molecule has 0 aromatic carbocycles. The number of rotatable bonds is 25. The average Bonchev–Trinajstić information content (AvgIpc) is 2.86. The Hall–Kier alpha value is -1.16. The molecule has 0 aliphatic heterocycles. The molecule has 0 heterocycles. The van der Waals surface area contributed by atoms with Crippen LogP contribution in [0.1, 0.15) is 144 Å². The van der Waals surface area contributed by atoms with Crippen LogP contribution in [0.4, 0.5) is 0 Å². The first-order valence-corrected chi connectivity index (χ1v) is 15.3. The molecule has 0 bridgehead atoms. The van der Waals surface area contributed by atoms with E-state index in [9.17, 15) is 9.59 Å². The number of carbonyl (C=O) groups excluding carboxylic acids is 2. The van der Waals surface area contributed by atoms with Crippen LogP contribution in [0.15, 0.2) is 12.2 Å². The van der Waals surface area contributed by atoms with Crippen molar-refractivity contribution < 1.29 is 19.1 Å². The monoisotopic (exact) mass is 508 g/mol. The van der Waals surface area contributed by atoms with Gasteiger partial charge in [-0.3, -0.25) is 4.79 Å². The van der Waals surface area contributed by atoms with Gasteiger partial charge in [0.05, 0.1) is 19.1 Å². The van der Waals surface area contributed by atoms with E-state index in [-0.39, 0.29) is 23.8 Å². The van der Waals surface area contributed by atoms with Gasteiger partial charge in [-0.15, -0.1) is 0 Å². The zero-order valence-electron chi connectivity index (χ0n) is 24.8. The normalized spacial score (nSPS) is 15.1. The zero-order chi connectivity index (χ0) is 27.0. The van der Waals surface area contributed by atoms with Crippen LogP contribution in [0.2, 0.25) is 0 Å². The topological polar surface area (TPSA) is 52.6 Å². The van der Waals surface area contributed by atoms with Gasteiger partial charge in [0.1, 0.15) is 5.78 Å². The van der Waals surface area contributed by atoms with Crippen LogP contribution >= 0.6 is 0 Å². The van der Waals surface area contributed by atoms with E-state index >= 15 is 0 Å². The van der Waals surface area contributed by atoms with Gasteiger partial charge in [0, 0.05) is 13.0 Å². The fraction of sp³-hybridized carbons (Fsp3) is 0.875. The molecule has 4 unspecified atom stereocenters. The Balaban J connectivity index is 4.73. The van der Waals surface area contributed by atoms with Crippen LogP contribution in [-0.2, 0) is 19.1 Å². The third kappa shape index (κ3) is 20.0. The minimum atomic E-state index is -0.0812. The van der Waals surface area contributed by atoms with Crippen molar-refractivity contribution in [2.45, 2.75) is 150 Å². The molecule has 0 amide bonds. The zero-order valence-corrected chi connectivity index (χ0v) is 24.8. The summed E-state index contributed by atoms with van der Waals surface area (Å²) < 4.78 is 12.1. The highest BCUT2D eigenvalue weighted by atomic mass is 16.5. The van der Waals surface area contributed by atoms with Crippen LogP contribution in [0.5, 0.6) is 0 Å². The maximum atomic E-state index is 12.7. The molecule has 0 saturated heterocycles. The maximum absolute atomic E-state index is 12.7. The van der Waals surface area contributed by atoms with Crippen LogP contribution in [0.25, 0.3) is 0 Å². The summed E-state index contributed by atoms with van der Waals surface area (Å²) in [6, 6.07) is 0. The predicted octanol–water partition coefficient (Wildman–Crippen LogP) is 9.25. The van der Waals surface area contributed by atoms with Crippen molar-refractivity contribution in [1.29, 1.82) is 0 Å². The second-order valence-electron chi connectivity index (χ2n) is 10.9. The summed E-state index contributed by atoms with van der Waals surface area (Å²) >= 11 is 0. The first-order valence-electron chi connectivity index (χ1n) is 15.3. The highest BCUT2D eigenvalue weighted by Crippen LogP contribution is 2.22. The Morgan fingerprint density at radius 3 is 1.97 bits per heavy atom. The van der Waals surface area contributed by atoms with Crippen molar-refractivity contribution in [3.63, 3.8) is 0 Å². The van der Waals surface area contributed by atoms with E-state index < -0.39 is 0 Å². The lowest BCUT2D eigenvalue weighted by Crippen LogP contribution is -2.27. The first-order chi connectivity index (χ1) is 17.4. The molecule has 0 rings (SSSR count). The van der Waals surface area contributed by atoms with Gasteiger partial charge in [0.25, 0.3) is 0 Å². The quantitative estimate of drug-likeness (QED) is 0.0700. The number of esters is 1. The van der Waals surface area contributed by atoms with Crippen LogP contribution in [-0.4, -0.2) is 31.1 Å². The van der Waals surface area contributed by atoms with Gasteiger partial charge in [-0.1, -0.05) is 91.2 Å². The summed E-state index contributed by atoms with van der Waals surface area (Å²) in [5.41, 5.74) is 0. The average molecular weight is 509 g/mol. The molecular formula is C32H60O4.